The molecule has 9 heteroatoms. The van der Waals surface area contributed by atoms with E-state index in [1.807, 2.05) is 24.3 Å². The van der Waals surface area contributed by atoms with Gasteiger partial charge in [-0.1, -0.05) is 18.2 Å². The van der Waals surface area contributed by atoms with Crippen molar-refractivity contribution in [2.45, 2.75) is 6.92 Å². The maximum absolute atomic E-state index is 12.6. The van der Waals surface area contributed by atoms with Gasteiger partial charge in [0.25, 0.3) is 5.91 Å². The zero-order valence-corrected chi connectivity index (χ0v) is 18.2. The molecule has 32 heavy (non-hydrogen) atoms. The van der Waals surface area contributed by atoms with Crippen molar-refractivity contribution in [3.05, 3.63) is 53.2 Å². The lowest BCUT2D eigenvalue weighted by Crippen LogP contribution is -2.31. The van der Waals surface area contributed by atoms with Gasteiger partial charge in [0, 0.05) is 27.7 Å². The van der Waals surface area contributed by atoms with Gasteiger partial charge in [0.1, 0.15) is 6.54 Å². The number of ether oxygens (including phenoxy) is 4. The molecule has 0 unspecified atom stereocenters. The van der Waals surface area contributed by atoms with Gasteiger partial charge in [-0.05, 0) is 25.1 Å². The predicted molar refractivity (Wildman–Crippen MR) is 117 cm³/mol. The molecule has 0 spiro atoms. The van der Waals surface area contributed by atoms with Crippen LogP contribution in [0.3, 0.4) is 0 Å². The minimum atomic E-state index is -0.739. The summed E-state index contributed by atoms with van der Waals surface area (Å²) in [6.07, 6.45) is 0. The fourth-order valence-corrected chi connectivity index (χ4v) is 3.37. The van der Waals surface area contributed by atoms with E-state index in [-0.39, 0.29) is 11.3 Å². The van der Waals surface area contributed by atoms with Crippen molar-refractivity contribution in [1.29, 1.82) is 0 Å². The highest BCUT2D eigenvalue weighted by atomic mass is 16.5. The molecule has 1 amide bonds. The molecular formula is C23H24N2O7. The Balaban J connectivity index is 1.60. The predicted octanol–water partition coefficient (Wildman–Crippen LogP) is 2.66. The molecular weight excluding hydrogens is 416 g/mol. The summed E-state index contributed by atoms with van der Waals surface area (Å²) < 4.78 is 20.7. The number of methoxy groups -OCH3 is 3. The van der Waals surface area contributed by atoms with E-state index in [9.17, 15) is 14.4 Å². The van der Waals surface area contributed by atoms with Gasteiger partial charge < -0.3 is 29.2 Å². The second-order valence-corrected chi connectivity index (χ2v) is 6.85. The van der Waals surface area contributed by atoms with Gasteiger partial charge in [-0.25, -0.2) is 0 Å². The number of benzene rings is 2. The molecule has 0 saturated carbocycles. The summed E-state index contributed by atoms with van der Waals surface area (Å²) >= 11 is 0. The summed E-state index contributed by atoms with van der Waals surface area (Å²) in [5, 5.41) is 3.22. The molecule has 3 aromatic rings. The fourth-order valence-electron chi connectivity index (χ4n) is 3.37. The summed E-state index contributed by atoms with van der Waals surface area (Å²) in [6, 6.07) is 10.3. The monoisotopic (exact) mass is 440 g/mol. The molecule has 0 aliphatic carbocycles. The van der Waals surface area contributed by atoms with Crippen molar-refractivity contribution in [2.75, 3.05) is 34.5 Å². The Hall–Kier alpha value is -4.01. The van der Waals surface area contributed by atoms with Crippen LogP contribution in [0, 0.1) is 6.92 Å². The maximum Gasteiger partial charge on any atom is 0.325 e. The molecule has 0 aliphatic heterocycles. The van der Waals surface area contributed by atoms with Gasteiger partial charge in [0.05, 0.1) is 21.3 Å². The number of H-pyrrole nitrogens is 1. The van der Waals surface area contributed by atoms with Crippen molar-refractivity contribution in [1.82, 2.24) is 10.3 Å². The molecule has 2 N–H and O–H groups in total. The van der Waals surface area contributed by atoms with Crippen LogP contribution in [-0.4, -0.2) is 57.1 Å². The van der Waals surface area contributed by atoms with Crippen molar-refractivity contribution >= 4 is 28.6 Å². The Labute approximate surface area is 184 Å². The fraction of sp³-hybridized carbons (Fsp3) is 0.261. The number of aromatic nitrogens is 1. The van der Waals surface area contributed by atoms with Gasteiger partial charge in [0.15, 0.2) is 18.1 Å². The second-order valence-electron chi connectivity index (χ2n) is 6.85. The topological polar surface area (TPSA) is 116 Å². The van der Waals surface area contributed by atoms with Crippen LogP contribution in [0.5, 0.6) is 17.2 Å². The smallest absolute Gasteiger partial charge is 0.325 e. The maximum atomic E-state index is 12.6. The molecule has 0 bridgehead atoms. The van der Waals surface area contributed by atoms with Gasteiger partial charge in [0.2, 0.25) is 11.5 Å². The standard InChI is InChI=1S/C23H24N2O7/c1-13-21(15-7-5-6-8-16(15)25-13)17(26)12-32-20(27)11-24-23(28)14-9-18(29-2)22(31-4)19(10-14)30-3/h5-10,25H,11-12H2,1-4H3,(H,24,28). The minimum absolute atomic E-state index is 0.206. The number of carbonyl (C=O) groups is 3. The lowest BCUT2D eigenvalue weighted by atomic mass is 10.1. The van der Waals surface area contributed by atoms with Crippen LogP contribution >= 0.6 is 0 Å². The van der Waals surface area contributed by atoms with Gasteiger partial charge >= 0.3 is 5.97 Å². The number of para-hydroxylation sites is 1. The average molecular weight is 440 g/mol. The van der Waals surface area contributed by atoms with Crippen LogP contribution in [-0.2, 0) is 9.53 Å². The largest absolute Gasteiger partial charge is 0.493 e. The summed E-state index contributed by atoms with van der Waals surface area (Å²) in [4.78, 5) is 40.3. The van der Waals surface area contributed by atoms with Crippen molar-refractivity contribution in [2.24, 2.45) is 0 Å². The third-order valence-electron chi connectivity index (χ3n) is 4.86. The number of nitrogens with one attached hydrogen (secondary N) is 2. The molecule has 168 valence electrons. The summed E-state index contributed by atoms with van der Waals surface area (Å²) in [6.45, 7) is 0.948. The number of amides is 1. The van der Waals surface area contributed by atoms with E-state index in [2.05, 4.69) is 10.3 Å². The Morgan fingerprint density at radius 1 is 0.969 bits per heavy atom. The van der Waals surface area contributed by atoms with E-state index in [1.54, 1.807) is 6.92 Å². The molecule has 1 heterocycles. The van der Waals surface area contributed by atoms with Crippen LogP contribution < -0.4 is 19.5 Å². The van der Waals surface area contributed by atoms with E-state index in [1.165, 1.54) is 33.5 Å². The molecule has 0 fully saturated rings. The number of hydrogen-bond donors (Lipinski definition) is 2. The Morgan fingerprint density at radius 3 is 2.25 bits per heavy atom. The number of rotatable bonds is 9. The van der Waals surface area contributed by atoms with Crippen LogP contribution in [0.1, 0.15) is 26.4 Å². The molecule has 2 aromatic carbocycles. The van der Waals surface area contributed by atoms with Crippen molar-refractivity contribution in [3.8, 4) is 17.2 Å². The van der Waals surface area contributed by atoms with Crippen molar-refractivity contribution in [3.63, 3.8) is 0 Å². The molecule has 0 radical (unpaired) electrons. The first-order valence-electron chi connectivity index (χ1n) is 9.74. The van der Waals surface area contributed by atoms with Crippen molar-refractivity contribution < 1.29 is 33.3 Å². The van der Waals surface area contributed by atoms with E-state index >= 15 is 0 Å². The number of aromatic amines is 1. The van der Waals surface area contributed by atoms with Gasteiger partial charge in [-0.2, -0.15) is 0 Å². The van der Waals surface area contributed by atoms with E-state index in [4.69, 9.17) is 18.9 Å². The summed E-state index contributed by atoms with van der Waals surface area (Å²) in [5.74, 6) is -0.656. The van der Waals surface area contributed by atoms with E-state index in [0.29, 0.717) is 28.5 Å². The first-order valence-corrected chi connectivity index (χ1v) is 9.74. The van der Waals surface area contributed by atoms with Gasteiger partial charge in [-0.15, -0.1) is 0 Å². The van der Waals surface area contributed by atoms with Gasteiger partial charge in [-0.3, -0.25) is 14.4 Å². The normalized spacial score (nSPS) is 10.5. The molecule has 0 atom stereocenters. The Bertz CT molecular complexity index is 1140. The highest BCUT2D eigenvalue weighted by Crippen LogP contribution is 2.38. The highest BCUT2D eigenvalue weighted by Gasteiger charge is 2.19. The second kappa shape index (κ2) is 9.86. The quantitative estimate of drug-likeness (QED) is 0.388. The number of carbonyl (C=O) groups excluding carboxylic acids is 3. The molecule has 3 rings (SSSR count). The molecule has 0 saturated heterocycles. The summed E-state index contributed by atoms with van der Waals surface area (Å²) in [5.41, 5.74) is 2.22. The van der Waals surface area contributed by atoms with Crippen LogP contribution in [0.25, 0.3) is 10.9 Å². The zero-order chi connectivity index (χ0) is 23.3. The number of fused-ring (bicyclic) bond motifs is 1. The molecule has 1 aromatic heterocycles. The minimum Gasteiger partial charge on any atom is -0.493 e. The molecule has 0 aliphatic rings. The Morgan fingerprint density at radius 2 is 1.62 bits per heavy atom. The summed E-state index contributed by atoms with van der Waals surface area (Å²) in [7, 11) is 4.32. The number of ketones is 1. The first kappa shape index (κ1) is 22.7. The van der Waals surface area contributed by atoms with Crippen LogP contribution in [0.2, 0.25) is 0 Å². The Kier molecular flexibility index (Phi) is 6.99. The number of hydrogen-bond acceptors (Lipinski definition) is 7. The lowest BCUT2D eigenvalue weighted by Gasteiger charge is -2.14. The van der Waals surface area contributed by atoms with Crippen LogP contribution in [0.4, 0.5) is 0 Å². The zero-order valence-electron chi connectivity index (χ0n) is 18.2. The number of aryl methyl sites for hydroxylation is 1. The van der Waals surface area contributed by atoms with E-state index in [0.717, 1.165) is 10.9 Å². The third-order valence-corrected chi connectivity index (χ3v) is 4.86. The first-order chi connectivity index (χ1) is 15.4. The molecule has 9 nitrogen and oxygen atoms in total. The highest BCUT2D eigenvalue weighted by molar-refractivity contribution is 6.10. The lowest BCUT2D eigenvalue weighted by molar-refractivity contribution is -0.141. The average Bonchev–Trinajstić information content (AvgIpc) is 3.15. The number of esters is 1. The SMILES string of the molecule is COc1cc(C(=O)NCC(=O)OCC(=O)c2c(C)[nH]c3ccccc23)cc(OC)c1OC. The third kappa shape index (κ3) is 4.66. The van der Waals surface area contributed by atoms with E-state index < -0.39 is 25.0 Å². The number of Topliss-reactive ketones (excluding diaryl/α,β-unsaturated/α-hetero) is 1. The van der Waals surface area contributed by atoms with Crippen LogP contribution in [0.15, 0.2) is 36.4 Å².